The lowest BCUT2D eigenvalue weighted by atomic mass is 9.44. The highest BCUT2D eigenvalue weighted by Gasteiger charge is 2.65. The van der Waals surface area contributed by atoms with Crippen LogP contribution in [0.15, 0.2) is 12.7 Å². The van der Waals surface area contributed by atoms with Crippen LogP contribution in [0.2, 0.25) is 0 Å². The summed E-state index contributed by atoms with van der Waals surface area (Å²) in [5.74, 6) is 1.70. The molecule has 0 aromatic rings. The van der Waals surface area contributed by atoms with Crippen LogP contribution in [0.1, 0.15) is 85.5 Å². The van der Waals surface area contributed by atoms with Gasteiger partial charge in [0.25, 0.3) is 0 Å². The molecule has 264 valence electrons. The second-order valence-electron chi connectivity index (χ2n) is 17.4. The predicted octanol–water partition coefficient (Wildman–Crippen LogP) is 4.64. The van der Waals surface area contributed by atoms with E-state index in [-0.39, 0.29) is 41.0 Å². The SMILES string of the molecule is C=CC[N+]1(C)CCN([C@H]2C[C@H]3[C@@H]4CC[C@H]5C[C@H](OC(C)=O)[C@@H](N6CCC7(CC6)OCCO7)C[C@]5(C)[C@H]4CC[C@]3(C)[C@H]2OC(C)=O)CC1. The smallest absolute Gasteiger partial charge is 0.302 e. The number of carbonyl (C=O) groups is 2. The van der Waals surface area contributed by atoms with Gasteiger partial charge in [0.15, 0.2) is 5.79 Å². The maximum absolute atomic E-state index is 12.6. The Hall–Kier alpha value is -1.52. The fraction of sp³-hybridized carbons (Fsp3) is 0.895. The summed E-state index contributed by atoms with van der Waals surface area (Å²) in [5.41, 5.74) is 0.208. The Bertz CT molecular complexity index is 1190. The molecule has 1 spiro atoms. The number of esters is 2. The van der Waals surface area contributed by atoms with Gasteiger partial charge in [-0.1, -0.05) is 20.4 Å². The molecule has 3 saturated heterocycles. The van der Waals surface area contributed by atoms with Gasteiger partial charge < -0.3 is 23.4 Å². The normalized spacial score (nSPS) is 44.6. The van der Waals surface area contributed by atoms with E-state index in [4.69, 9.17) is 18.9 Å². The molecule has 0 amide bonds. The van der Waals surface area contributed by atoms with Crippen LogP contribution in [-0.4, -0.2) is 122 Å². The second-order valence-corrected chi connectivity index (χ2v) is 17.4. The maximum atomic E-state index is 12.6. The van der Waals surface area contributed by atoms with Gasteiger partial charge in [-0.2, -0.15) is 0 Å². The highest BCUT2D eigenvalue weighted by Crippen LogP contribution is 2.67. The minimum absolute atomic E-state index is 0.00817. The quantitative estimate of drug-likeness (QED) is 0.233. The predicted molar refractivity (Wildman–Crippen MR) is 179 cm³/mol. The lowest BCUT2D eigenvalue weighted by Gasteiger charge is -2.62. The Labute approximate surface area is 283 Å². The first-order valence-electron chi connectivity index (χ1n) is 18.9. The Kier molecular flexibility index (Phi) is 9.15. The summed E-state index contributed by atoms with van der Waals surface area (Å²) in [5, 5.41) is 0. The number of likely N-dealkylation sites (tertiary alicyclic amines) is 1. The van der Waals surface area contributed by atoms with Crippen LogP contribution < -0.4 is 0 Å². The van der Waals surface area contributed by atoms with Crippen LogP contribution in [0, 0.1) is 34.5 Å². The van der Waals surface area contributed by atoms with Gasteiger partial charge in [-0.25, -0.2) is 0 Å². The molecule has 0 bridgehead atoms. The molecule has 47 heavy (non-hydrogen) atoms. The Morgan fingerprint density at radius 2 is 1.51 bits per heavy atom. The number of fused-ring (bicyclic) bond motifs is 5. The van der Waals surface area contributed by atoms with Gasteiger partial charge in [0.1, 0.15) is 12.2 Å². The van der Waals surface area contributed by atoms with Gasteiger partial charge in [0.05, 0.1) is 39.9 Å². The molecule has 7 fully saturated rings. The number of likely N-dealkylation sites (N-methyl/N-ethyl adjacent to an activating group) is 1. The topological polar surface area (TPSA) is 77.5 Å². The second kappa shape index (κ2) is 12.7. The lowest BCUT2D eigenvalue weighted by Crippen LogP contribution is -2.62. The summed E-state index contributed by atoms with van der Waals surface area (Å²) in [6.07, 6.45) is 11.6. The van der Waals surface area contributed by atoms with E-state index in [1.54, 1.807) is 13.8 Å². The van der Waals surface area contributed by atoms with E-state index >= 15 is 0 Å². The summed E-state index contributed by atoms with van der Waals surface area (Å²) in [6.45, 7) is 20.8. The summed E-state index contributed by atoms with van der Waals surface area (Å²) in [4.78, 5) is 30.3. The maximum Gasteiger partial charge on any atom is 0.302 e. The van der Waals surface area contributed by atoms with E-state index in [0.717, 1.165) is 88.8 Å². The average Bonchev–Trinajstić information content (AvgIpc) is 3.59. The minimum atomic E-state index is -0.409. The number of rotatable bonds is 6. The summed E-state index contributed by atoms with van der Waals surface area (Å²) in [6, 6.07) is 0.524. The number of carbonyl (C=O) groups excluding carboxylic acids is 2. The van der Waals surface area contributed by atoms with E-state index in [1.807, 2.05) is 0 Å². The molecule has 9 heteroatoms. The van der Waals surface area contributed by atoms with Gasteiger partial charge >= 0.3 is 11.9 Å². The minimum Gasteiger partial charge on any atom is -0.461 e. The molecule has 10 atom stereocenters. The van der Waals surface area contributed by atoms with Crippen LogP contribution in [0.4, 0.5) is 0 Å². The first-order chi connectivity index (χ1) is 22.4. The Morgan fingerprint density at radius 3 is 2.15 bits per heavy atom. The number of nitrogens with zero attached hydrogens (tertiary/aromatic N) is 3. The van der Waals surface area contributed by atoms with Crippen molar-refractivity contribution in [2.75, 3.05) is 66.1 Å². The van der Waals surface area contributed by atoms with E-state index in [0.29, 0.717) is 42.9 Å². The number of hydrogen-bond donors (Lipinski definition) is 0. The van der Waals surface area contributed by atoms with Gasteiger partial charge in [0, 0.05) is 70.4 Å². The van der Waals surface area contributed by atoms with Crippen LogP contribution in [0.25, 0.3) is 0 Å². The Morgan fingerprint density at radius 1 is 0.851 bits per heavy atom. The number of hydrogen-bond acceptors (Lipinski definition) is 8. The molecule has 0 N–H and O–H groups in total. The molecule has 0 unspecified atom stereocenters. The molecule has 4 saturated carbocycles. The molecule has 3 aliphatic heterocycles. The fourth-order valence-corrected chi connectivity index (χ4v) is 12.4. The molecule has 7 aliphatic rings. The zero-order chi connectivity index (χ0) is 33.2. The number of ether oxygens (including phenoxy) is 4. The van der Waals surface area contributed by atoms with Crippen molar-refractivity contribution in [3.63, 3.8) is 0 Å². The third-order valence-corrected chi connectivity index (χ3v) is 14.9. The Balaban J connectivity index is 1.12. The van der Waals surface area contributed by atoms with E-state index < -0.39 is 5.79 Å². The van der Waals surface area contributed by atoms with Gasteiger partial charge in [-0.15, -0.1) is 0 Å². The number of quaternary nitrogens is 1. The van der Waals surface area contributed by atoms with Crippen molar-refractivity contribution in [1.29, 1.82) is 0 Å². The van der Waals surface area contributed by atoms with Crippen molar-refractivity contribution < 1.29 is 33.0 Å². The third kappa shape index (κ3) is 6.02. The molecule has 9 nitrogen and oxygen atoms in total. The zero-order valence-corrected chi connectivity index (χ0v) is 29.9. The largest absolute Gasteiger partial charge is 0.461 e. The molecular formula is C38H62N3O6+. The van der Waals surface area contributed by atoms with Crippen molar-refractivity contribution in [2.45, 2.75) is 116 Å². The van der Waals surface area contributed by atoms with Crippen molar-refractivity contribution in [1.82, 2.24) is 9.80 Å². The monoisotopic (exact) mass is 656 g/mol. The lowest BCUT2D eigenvalue weighted by molar-refractivity contribution is -0.908. The van der Waals surface area contributed by atoms with Gasteiger partial charge in [0.2, 0.25) is 0 Å². The number of piperidine rings is 1. The van der Waals surface area contributed by atoms with Crippen LogP contribution in [0.5, 0.6) is 0 Å². The standard InChI is InChI=1S/C38H62N3O6/c1-7-18-41(6)19-16-40(17-20-41)32-24-31-29-9-8-28-23-34(46-26(2)42)33(39-14-12-38(13-15-39)44-21-22-45-38)25-37(28,5)30(29)10-11-36(31,4)35(32)47-27(3)43/h7,28-35H,1,8-25H2,2-6H3/q+1/t28-,29+,30-,31-,32-,33-,34-,35-,36-,37-/m0/s1. The van der Waals surface area contributed by atoms with Crippen molar-refractivity contribution in [3.05, 3.63) is 12.7 Å². The molecule has 0 aromatic carbocycles. The van der Waals surface area contributed by atoms with E-state index in [1.165, 1.54) is 19.3 Å². The van der Waals surface area contributed by atoms with Crippen LogP contribution in [-0.2, 0) is 28.5 Å². The third-order valence-electron chi connectivity index (χ3n) is 14.9. The van der Waals surface area contributed by atoms with Crippen molar-refractivity contribution >= 4 is 11.9 Å². The molecule has 7 rings (SSSR count). The highest BCUT2D eigenvalue weighted by atomic mass is 16.7. The van der Waals surface area contributed by atoms with Gasteiger partial charge in [-0.05, 0) is 80.1 Å². The average molecular weight is 657 g/mol. The van der Waals surface area contributed by atoms with E-state index in [9.17, 15) is 9.59 Å². The molecule has 0 radical (unpaired) electrons. The number of piperazine rings is 1. The summed E-state index contributed by atoms with van der Waals surface area (Å²) < 4.78 is 25.7. The summed E-state index contributed by atoms with van der Waals surface area (Å²) >= 11 is 0. The highest BCUT2D eigenvalue weighted by molar-refractivity contribution is 5.66. The molecular weight excluding hydrogens is 594 g/mol. The van der Waals surface area contributed by atoms with E-state index in [2.05, 4.69) is 43.3 Å². The first-order valence-corrected chi connectivity index (χ1v) is 18.9. The molecule has 0 aromatic heterocycles. The zero-order valence-electron chi connectivity index (χ0n) is 29.9. The summed E-state index contributed by atoms with van der Waals surface area (Å²) in [7, 11) is 2.35. The fourth-order valence-electron chi connectivity index (χ4n) is 12.4. The van der Waals surface area contributed by atoms with Gasteiger partial charge in [-0.3, -0.25) is 19.4 Å². The first kappa shape index (κ1) is 34.0. The van der Waals surface area contributed by atoms with Crippen molar-refractivity contribution in [2.24, 2.45) is 34.5 Å². The van der Waals surface area contributed by atoms with Crippen LogP contribution >= 0.6 is 0 Å². The van der Waals surface area contributed by atoms with Crippen molar-refractivity contribution in [3.8, 4) is 0 Å². The molecule has 4 aliphatic carbocycles. The van der Waals surface area contributed by atoms with Crippen LogP contribution in [0.3, 0.4) is 0 Å². The molecule has 3 heterocycles.